The van der Waals surface area contributed by atoms with Gasteiger partial charge in [0.05, 0.1) is 12.0 Å². The summed E-state index contributed by atoms with van der Waals surface area (Å²) in [7, 11) is 0. The first-order chi connectivity index (χ1) is 5.46. The van der Waals surface area contributed by atoms with Crippen LogP contribution >= 0.6 is 0 Å². The molecule has 3 nitrogen and oxygen atoms in total. The molecule has 0 bridgehead atoms. The fourth-order valence-corrected chi connectivity index (χ4v) is 1.13. The first-order valence-corrected chi connectivity index (χ1v) is 4.05. The normalized spacial score (nSPS) is 17.6. The van der Waals surface area contributed by atoms with Gasteiger partial charge in [-0.3, -0.25) is 0 Å². The molecule has 0 amide bonds. The summed E-state index contributed by atoms with van der Waals surface area (Å²) in [4.78, 5) is 10.9. The van der Waals surface area contributed by atoms with E-state index in [2.05, 4.69) is 6.07 Å². The van der Waals surface area contributed by atoms with Crippen molar-refractivity contribution < 1.29 is 4.79 Å². The van der Waals surface area contributed by atoms with Crippen molar-refractivity contribution in [1.29, 1.82) is 5.26 Å². The molecule has 0 radical (unpaired) electrons. The Bertz CT molecular complexity index is 207. The smallest absolute Gasteiger partial charge is 0.130 e. The van der Waals surface area contributed by atoms with E-state index < -0.39 is 0 Å². The minimum absolute atomic E-state index is 0.0880. The van der Waals surface area contributed by atoms with E-state index in [4.69, 9.17) is 11.0 Å². The molecule has 0 heterocycles. The van der Waals surface area contributed by atoms with Crippen LogP contribution < -0.4 is 5.73 Å². The van der Waals surface area contributed by atoms with Crippen molar-refractivity contribution in [2.24, 2.45) is 17.1 Å². The molecule has 0 aromatic carbocycles. The summed E-state index contributed by atoms with van der Waals surface area (Å²) in [5.41, 5.74) is 5.17. The first kappa shape index (κ1) is 11.1. The number of carbonyl (C=O) groups is 1. The Morgan fingerprint density at radius 1 is 1.75 bits per heavy atom. The maximum atomic E-state index is 10.9. The van der Waals surface area contributed by atoms with E-state index in [9.17, 15) is 4.79 Å². The van der Waals surface area contributed by atoms with Gasteiger partial charge in [-0.25, -0.2) is 0 Å². The van der Waals surface area contributed by atoms with Crippen LogP contribution in [0, 0.1) is 22.7 Å². The van der Waals surface area contributed by atoms with Gasteiger partial charge in [-0.1, -0.05) is 6.92 Å². The molecule has 2 atom stereocenters. The Kier molecular flexibility index (Phi) is 3.91. The van der Waals surface area contributed by atoms with Crippen LogP contribution in [0.15, 0.2) is 0 Å². The van der Waals surface area contributed by atoms with Gasteiger partial charge in [0.25, 0.3) is 0 Å². The maximum absolute atomic E-state index is 10.9. The molecule has 0 spiro atoms. The second kappa shape index (κ2) is 4.22. The van der Waals surface area contributed by atoms with E-state index in [0.29, 0.717) is 13.0 Å². The zero-order chi connectivity index (χ0) is 9.78. The highest BCUT2D eigenvalue weighted by molar-refractivity contribution is 5.76. The molecule has 2 N–H and O–H groups in total. The van der Waals surface area contributed by atoms with Gasteiger partial charge in [-0.15, -0.1) is 0 Å². The average molecular weight is 168 g/mol. The molecule has 0 saturated carbocycles. The lowest BCUT2D eigenvalue weighted by Gasteiger charge is -2.29. The minimum atomic E-state index is -0.361. The summed E-state index contributed by atoms with van der Waals surface area (Å²) >= 11 is 0. The van der Waals surface area contributed by atoms with Gasteiger partial charge in [0.2, 0.25) is 0 Å². The van der Waals surface area contributed by atoms with Gasteiger partial charge in [0, 0.05) is 11.8 Å². The zero-order valence-corrected chi connectivity index (χ0v) is 7.92. The van der Waals surface area contributed by atoms with Gasteiger partial charge in [0.1, 0.15) is 5.78 Å². The van der Waals surface area contributed by atoms with Gasteiger partial charge < -0.3 is 10.5 Å². The molecule has 12 heavy (non-hydrogen) atoms. The van der Waals surface area contributed by atoms with Gasteiger partial charge in [-0.05, 0) is 20.4 Å². The number of ketones is 1. The standard InChI is InChI=1S/C9H16N2O/c1-7(5-10)9(3,6-11)4-8(2)12/h7H,4,6,11H2,1-3H3. The number of rotatable bonds is 4. The highest BCUT2D eigenvalue weighted by Gasteiger charge is 2.31. The molecule has 2 unspecified atom stereocenters. The molecule has 0 aromatic heterocycles. The molecule has 0 aromatic rings. The summed E-state index contributed by atoms with van der Waals surface area (Å²) < 4.78 is 0. The van der Waals surface area contributed by atoms with Gasteiger partial charge in [0.15, 0.2) is 0 Å². The van der Waals surface area contributed by atoms with Gasteiger partial charge >= 0.3 is 0 Å². The summed E-state index contributed by atoms with van der Waals surface area (Å²) in [5, 5.41) is 8.70. The summed E-state index contributed by atoms with van der Waals surface area (Å²) in [6, 6.07) is 2.13. The van der Waals surface area contributed by atoms with Crippen LogP contribution in [-0.4, -0.2) is 12.3 Å². The van der Waals surface area contributed by atoms with Crippen molar-refractivity contribution in [1.82, 2.24) is 0 Å². The average Bonchev–Trinajstić information content (AvgIpc) is 2.01. The molecule has 68 valence electrons. The Balaban J connectivity index is 4.46. The SMILES string of the molecule is CC(=O)CC(C)(CN)C(C)C#N. The second-order valence-electron chi connectivity index (χ2n) is 3.59. The number of nitrogens with zero attached hydrogens (tertiary/aromatic N) is 1. The largest absolute Gasteiger partial charge is 0.330 e. The van der Waals surface area contributed by atoms with E-state index in [1.807, 2.05) is 6.92 Å². The number of hydrogen-bond donors (Lipinski definition) is 1. The fraction of sp³-hybridized carbons (Fsp3) is 0.778. The Morgan fingerprint density at radius 3 is 2.50 bits per heavy atom. The predicted molar refractivity (Wildman–Crippen MR) is 47.2 cm³/mol. The van der Waals surface area contributed by atoms with Crippen LogP contribution in [0.4, 0.5) is 0 Å². The van der Waals surface area contributed by atoms with Crippen LogP contribution in [0.1, 0.15) is 27.2 Å². The Labute approximate surface area is 73.6 Å². The van der Waals surface area contributed by atoms with Crippen LogP contribution in [0.2, 0.25) is 0 Å². The highest BCUT2D eigenvalue weighted by Crippen LogP contribution is 2.29. The van der Waals surface area contributed by atoms with Crippen molar-refractivity contribution >= 4 is 5.78 Å². The van der Waals surface area contributed by atoms with E-state index in [-0.39, 0.29) is 17.1 Å². The summed E-state index contributed by atoms with van der Waals surface area (Å²) in [6.45, 7) is 5.58. The third-order valence-electron chi connectivity index (χ3n) is 2.36. The third-order valence-corrected chi connectivity index (χ3v) is 2.36. The molecular formula is C9H16N2O. The van der Waals surface area contributed by atoms with E-state index in [0.717, 1.165) is 0 Å². The number of hydrogen-bond acceptors (Lipinski definition) is 3. The number of nitrogens with two attached hydrogens (primary N) is 1. The topological polar surface area (TPSA) is 66.9 Å². The molecule has 0 aliphatic rings. The van der Waals surface area contributed by atoms with Gasteiger partial charge in [-0.2, -0.15) is 5.26 Å². The lowest BCUT2D eigenvalue weighted by Crippen LogP contribution is -2.35. The van der Waals surface area contributed by atoms with Crippen molar-refractivity contribution in [2.45, 2.75) is 27.2 Å². The van der Waals surface area contributed by atoms with Crippen molar-refractivity contribution in [3.8, 4) is 6.07 Å². The van der Waals surface area contributed by atoms with Crippen LogP contribution in [0.5, 0.6) is 0 Å². The monoisotopic (exact) mass is 168 g/mol. The number of Topliss-reactive ketones (excluding diaryl/α,β-unsaturated/α-hetero) is 1. The van der Waals surface area contributed by atoms with Crippen molar-refractivity contribution in [3.63, 3.8) is 0 Å². The summed E-state index contributed by atoms with van der Waals surface area (Å²) in [6.07, 6.45) is 0.387. The van der Waals surface area contributed by atoms with Crippen LogP contribution in [0.3, 0.4) is 0 Å². The fourth-order valence-electron chi connectivity index (χ4n) is 1.13. The quantitative estimate of drug-likeness (QED) is 0.683. The Hall–Kier alpha value is -0.880. The van der Waals surface area contributed by atoms with E-state index >= 15 is 0 Å². The lowest BCUT2D eigenvalue weighted by molar-refractivity contribution is -0.119. The molecule has 0 saturated heterocycles. The highest BCUT2D eigenvalue weighted by atomic mass is 16.1. The molecule has 3 heteroatoms. The number of nitriles is 1. The maximum Gasteiger partial charge on any atom is 0.130 e. The first-order valence-electron chi connectivity index (χ1n) is 4.05. The third kappa shape index (κ3) is 2.63. The second-order valence-corrected chi connectivity index (χ2v) is 3.59. The Morgan fingerprint density at radius 2 is 2.25 bits per heavy atom. The summed E-state index contributed by atoms with van der Waals surface area (Å²) in [5.74, 6) is -0.0866. The predicted octanol–water partition coefficient (Wildman–Crippen LogP) is 1.09. The minimum Gasteiger partial charge on any atom is -0.330 e. The van der Waals surface area contributed by atoms with Crippen molar-refractivity contribution in [3.05, 3.63) is 0 Å². The van der Waals surface area contributed by atoms with E-state index in [1.165, 1.54) is 6.92 Å². The van der Waals surface area contributed by atoms with E-state index in [1.54, 1.807) is 6.92 Å². The van der Waals surface area contributed by atoms with Crippen molar-refractivity contribution in [2.75, 3.05) is 6.54 Å². The molecule has 0 fully saturated rings. The molecular weight excluding hydrogens is 152 g/mol. The van der Waals surface area contributed by atoms with Crippen LogP contribution in [-0.2, 0) is 4.79 Å². The number of carbonyl (C=O) groups excluding carboxylic acids is 1. The molecule has 0 rings (SSSR count). The molecule has 0 aliphatic heterocycles. The lowest BCUT2D eigenvalue weighted by atomic mass is 9.75. The zero-order valence-electron chi connectivity index (χ0n) is 7.92. The van der Waals surface area contributed by atoms with Crippen LogP contribution in [0.25, 0.3) is 0 Å². The molecule has 0 aliphatic carbocycles.